The zero-order valence-electron chi connectivity index (χ0n) is 6.86. The lowest BCUT2D eigenvalue weighted by Gasteiger charge is -2.18. The normalized spacial score (nSPS) is 24.3. The van der Waals surface area contributed by atoms with Crippen molar-refractivity contribution in [1.29, 1.82) is 0 Å². The van der Waals surface area contributed by atoms with Crippen LogP contribution in [0.4, 0.5) is 0 Å². The molecule has 13 heavy (non-hydrogen) atoms. The highest BCUT2D eigenvalue weighted by Crippen LogP contribution is 1.98. The van der Waals surface area contributed by atoms with Crippen LogP contribution in [-0.2, 0) is 0 Å². The molecule has 0 amide bonds. The van der Waals surface area contributed by atoms with E-state index in [0.717, 1.165) is 10.6 Å². The van der Waals surface area contributed by atoms with Crippen molar-refractivity contribution in [2.24, 2.45) is 4.99 Å². The highest BCUT2D eigenvalue weighted by molar-refractivity contribution is 5.24. The molecule has 0 aromatic heterocycles. The quantitative estimate of drug-likeness (QED) is 0.434. The van der Waals surface area contributed by atoms with E-state index in [1.54, 1.807) is 0 Å². The Bertz CT molecular complexity index is 399. The molecular formula is C8H9N5. The van der Waals surface area contributed by atoms with Crippen molar-refractivity contribution in [1.82, 2.24) is 21.5 Å². The summed E-state index contributed by atoms with van der Waals surface area (Å²) in [6.45, 7) is 0. The Morgan fingerprint density at radius 1 is 1.31 bits per heavy atom. The minimum atomic E-state index is -0.0464. The van der Waals surface area contributed by atoms with Crippen molar-refractivity contribution in [2.45, 2.75) is 6.29 Å². The summed E-state index contributed by atoms with van der Waals surface area (Å²) < 4.78 is 0. The fraction of sp³-hybridized carbons (Fsp3) is 0.125. The highest BCUT2D eigenvalue weighted by atomic mass is 15.9. The smallest absolute Gasteiger partial charge is 0.204 e. The van der Waals surface area contributed by atoms with Gasteiger partial charge in [0.05, 0.1) is 5.36 Å². The Morgan fingerprint density at radius 3 is 3.23 bits per heavy atom. The average molecular weight is 175 g/mol. The van der Waals surface area contributed by atoms with E-state index in [1.807, 2.05) is 35.5 Å². The molecule has 0 aliphatic carbocycles. The first kappa shape index (κ1) is 7.02. The van der Waals surface area contributed by atoms with Gasteiger partial charge < -0.3 is 0 Å². The minimum Gasteiger partial charge on any atom is -0.262 e. The maximum absolute atomic E-state index is 4.47. The van der Waals surface area contributed by atoms with Gasteiger partial charge in [0.2, 0.25) is 6.29 Å². The van der Waals surface area contributed by atoms with Crippen molar-refractivity contribution in [3.8, 4) is 0 Å². The molecule has 1 atom stereocenters. The SMILES string of the molecule is C1=c2ccccc2=NC2NNNN12. The number of nitrogens with zero attached hydrogens (tertiary/aromatic N) is 2. The summed E-state index contributed by atoms with van der Waals surface area (Å²) in [4.78, 5) is 4.47. The molecule has 3 N–H and O–H groups in total. The third-order valence-corrected chi connectivity index (χ3v) is 2.13. The molecule has 2 heterocycles. The molecule has 5 heteroatoms. The van der Waals surface area contributed by atoms with Crippen LogP contribution in [0.2, 0.25) is 0 Å². The van der Waals surface area contributed by atoms with Crippen molar-refractivity contribution in [2.75, 3.05) is 0 Å². The monoisotopic (exact) mass is 175 g/mol. The van der Waals surface area contributed by atoms with Crippen molar-refractivity contribution < 1.29 is 0 Å². The lowest BCUT2D eigenvalue weighted by atomic mass is 10.3. The molecule has 66 valence electrons. The predicted octanol–water partition coefficient (Wildman–Crippen LogP) is -1.83. The Kier molecular flexibility index (Phi) is 1.36. The van der Waals surface area contributed by atoms with E-state index in [2.05, 4.69) is 21.5 Å². The molecule has 2 aliphatic rings. The summed E-state index contributed by atoms with van der Waals surface area (Å²) in [5, 5.41) is 4.01. The minimum absolute atomic E-state index is 0.0464. The zero-order chi connectivity index (χ0) is 8.67. The molecule has 3 rings (SSSR count). The van der Waals surface area contributed by atoms with Crippen molar-refractivity contribution in [3.63, 3.8) is 0 Å². The molecule has 0 saturated carbocycles. The van der Waals surface area contributed by atoms with Gasteiger partial charge >= 0.3 is 0 Å². The molecule has 2 aliphatic heterocycles. The Morgan fingerprint density at radius 2 is 2.23 bits per heavy atom. The van der Waals surface area contributed by atoms with Crippen molar-refractivity contribution in [3.05, 3.63) is 34.8 Å². The van der Waals surface area contributed by atoms with E-state index in [0.29, 0.717) is 0 Å². The Labute approximate surface area is 74.7 Å². The first-order valence-electron chi connectivity index (χ1n) is 4.13. The molecule has 1 saturated heterocycles. The number of nitrogens with one attached hydrogen (secondary N) is 3. The summed E-state index contributed by atoms with van der Waals surface area (Å²) >= 11 is 0. The highest BCUT2D eigenvalue weighted by Gasteiger charge is 2.21. The molecule has 1 aromatic carbocycles. The van der Waals surface area contributed by atoms with Crippen LogP contribution in [0.25, 0.3) is 6.20 Å². The first-order valence-corrected chi connectivity index (χ1v) is 4.13. The predicted molar refractivity (Wildman–Crippen MR) is 46.7 cm³/mol. The number of fused-ring (bicyclic) bond motifs is 2. The molecular weight excluding hydrogens is 166 g/mol. The third-order valence-electron chi connectivity index (χ3n) is 2.13. The largest absolute Gasteiger partial charge is 0.262 e. The van der Waals surface area contributed by atoms with Crippen LogP contribution >= 0.6 is 0 Å². The van der Waals surface area contributed by atoms with Gasteiger partial charge in [0.1, 0.15) is 0 Å². The molecule has 1 fully saturated rings. The number of rotatable bonds is 0. The standard InChI is InChI=1S/C8H9N5/c1-2-4-7-6(3-1)5-13-8(9-7)10-11-12-13/h1-5,8,10-12H. The number of benzene rings is 1. The average Bonchev–Trinajstić information content (AvgIpc) is 2.61. The van der Waals surface area contributed by atoms with Crippen LogP contribution in [0.1, 0.15) is 0 Å². The molecule has 1 unspecified atom stereocenters. The van der Waals surface area contributed by atoms with Crippen molar-refractivity contribution >= 4 is 6.20 Å². The van der Waals surface area contributed by atoms with E-state index in [-0.39, 0.29) is 6.29 Å². The molecule has 0 bridgehead atoms. The van der Waals surface area contributed by atoms with Gasteiger partial charge in [0.25, 0.3) is 0 Å². The van der Waals surface area contributed by atoms with Gasteiger partial charge in [-0.2, -0.15) is 16.5 Å². The molecule has 0 radical (unpaired) electrons. The van der Waals surface area contributed by atoms with Crippen LogP contribution in [0.15, 0.2) is 29.3 Å². The zero-order valence-corrected chi connectivity index (χ0v) is 6.86. The van der Waals surface area contributed by atoms with E-state index in [4.69, 9.17) is 0 Å². The van der Waals surface area contributed by atoms with Crippen LogP contribution in [-0.4, -0.2) is 11.3 Å². The lowest BCUT2D eigenvalue weighted by Crippen LogP contribution is -2.44. The van der Waals surface area contributed by atoms with Gasteiger partial charge in [-0.3, -0.25) is 5.01 Å². The molecule has 0 spiro atoms. The van der Waals surface area contributed by atoms with Crippen LogP contribution < -0.4 is 27.1 Å². The summed E-state index contributed by atoms with van der Waals surface area (Å²) in [5.74, 6) is 0. The fourth-order valence-electron chi connectivity index (χ4n) is 1.49. The number of para-hydroxylation sites is 1. The van der Waals surface area contributed by atoms with Crippen LogP contribution in [0, 0.1) is 0 Å². The topological polar surface area (TPSA) is 51.7 Å². The summed E-state index contributed by atoms with van der Waals surface area (Å²) in [7, 11) is 0. The van der Waals surface area contributed by atoms with Gasteiger partial charge in [-0.05, 0) is 6.07 Å². The van der Waals surface area contributed by atoms with Crippen LogP contribution in [0.5, 0.6) is 0 Å². The second-order valence-electron chi connectivity index (χ2n) is 2.98. The third kappa shape index (κ3) is 1.02. The van der Waals surface area contributed by atoms with E-state index < -0.39 is 0 Å². The second-order valence-corrected chi connectivity index (χ2v) is 2.98. The van der Waals surface area contributed by atoms with Gasteiger partial charge in [-0.25, -0.2) is 4.99 Å². The van der Waals surface area contributed by atoms with E-state index in [1.165, 1.54) is 0 Å². The lowest BCUT2D eigenvalue weighted by molar-refractivity contribution is 0.285. The number of hydrazine groups is 3. The number of hydrogen-bond acceptors (Lipinski definition) is 5. The van der Waals surface area contributed by atoms with Gasteiger partial charge in [0.15, 0.2) is 0 Å². The number of hydrogen-bond donors (Lipinski definition) is 3. The van der Waals surface area contributed by atoms with Crippen LogP contribution in [0.3, 0.4) is 0 Å². The van der Waals surface area contributed by atoms with E-state index >= 15 is 0 Å². The summed E-state index contributed by atoms with van der Waals surface area (Å²) in [5.41, 5.74) is 8.69. The maximum Gasteiger partial charge on any atom is 0.204 e. The second kappa shape index (κ2) is 2.53. The Balaban J connectivity index is 2.24. The maximum atomic E-state index is 4.47. The van der Waals surface area contributed by atoms with Gasteiger partial charge in [0, 0.05) is 11.4 Å². The Hall–Kier alpha value is -1.43. The molecule has 5 nitrogen and oxygen atoms in total. The molecule has 1 aromatic rings. The van der Waals surface area contributed by atoms with Gasteiger partial charge in [-0.15, -0.1) is 0 Å². The van der Waals surface area contributed by atoms with E-state index in [9.17, 15) is 0 Å². The first-order chi connectivity index (χ1) is 6.43. The van der Waals surface area contributed by atoms with Gasteiger partial charge in [-0.1, -0.05) is 18.2 Å². The fourth-order valence-corrected chi connectivity index (χ4v) is 1.49. The summed E-state index contributed by atoms with van der Waals surface area (Å²) in [6.07, 6.45) is 1.97. The summed E-state index contributed by atoms with van der Waals surface area (Å²) in [6, 6.07) is 8.03.